The number of carbonyl (C=O) groups excluding carboxylic acids is 3. The molecule has 1 heterocycles. The molecule has 0 unspecified atom stereocenters. The van der Waals surface area contributed by atoms with Crippen molar-refractivity contribution >= 4 is 35.5 Å². The van der Waals surface area contributed by atoms with Gasteiger partial charge in [-0.25, -0.2) is 19.6 Å². The third-order valence-corrected chi connectivity index (χ3v) is 3.38. The van der Waals surface area contributed by atoms with Gasteiger partial charge in [0.05, 0.1) is 11.9 Å². The van der Waals surface area contributed by atoms with E-state index in [2.05, 4.69) is 20.6 Å². The number of hydrogen-bond acceptors (Lipinski definition) is 8. The average molecular weight is 327 g/mol. The van der Waals surface area contributed by atoms with Gasteiger partial charge in [0.25, 0.3) is 0 Å². The number of urea groups is 1. The fourth-order valence-electron chi connectivity index (χ4n) is 1.29. The van der Waals surface area contributed by atoms with Crippen molar-refractivity contribution in [3.8, 4) is 0 Å². The number of esters is 1. The standard InChI is InChI=1S/C12H17N5O4S/c1-4-21-10(19)7-5-15-12(16-8(7)13)22-6(2)9(18)17-11(20)14-3/h5-6H,4H2,1-3H3,(H2,13,15,16)(H2,14,17,18,20)/t6-/m1/s1. The molecule has 9 nitrogen and oxygen atoms in total. The fourth-order valence-corrected chi connectivity index (χ4v) is 2.04. The Morgan fingerprint density at radius 3 is 2.68 bits per heavy atom. The van der Waals surface area contributed by atoms with Crippen LogP contribution in [0.1, 0.15) is 24.2 Å². The Morgan fingerprint density at radius 1 is 1.45 bits per heavy atom. The lowest BCUT2D eigenvalue weighted by Gasteiger charge is -2.10. The second-order valence-electron chi connectivity index (χ2n) is 4.00. The van der Waals surface area contributed by atoms with Gasteiger partial charge in [0.2, 0.25) is 5.91 Å². The zero-order chi connectivity index (χ0) is 16.7. The molecule has 1 aromatic heterocycles. The highest BCUT2D eigenvalue weighted by atomic mass is 32.2. The molecule has 0 spiro atoms. The van der Waals surface area contributed by atoms with Crippen molar-refractivity contribution in [2.45, 2.75) is 24.3 Å². The van der Waals surface area contributed by atoms with Gasteiger partial charge in [-0.05, 0) is 13.8 Å². The van der Waals surface area contributed by atoms with E-state index in [0.29, 0.717) is 0 Å². The van der Waals surface area contributed by atoms with Crippen molar-refractivity contribution in [1.82, 2.24) is 20.6 Å². The van der Waals surface area contributed by atoms with Crippen LogP contribution in [0.4, 0.5) is 10.6 Å². The lowest BCUT2D eigenvalue weighted by Crippen LogP contribution is -2.41. The van der Waals surface area contributed by atoms with Crippen LogP contribution in [0, 0.1) is 0 Å². The molecule has 0 aromatic carbocycles. The molecule has 1 aromatic rings. The van der Waals surface area contributed by atoms with Crippen LogP contribution in [0.2, 0.25) is 0 Å². The van der Waals surface area contributed by atoms with Crippen LogP contribution in [-0.4, -0.2) is 46.8 Å². The first-order chi connectivity index (χ1) is 10.4. The summed E-state index contributed by atoms with van der Waals surface area (Å²) in [5.41, 5.74) is 5.74. The van der Waals surface area contributed by atoms with Crippen LogP contribution < -0.4 is 16.4 Å². The molecule has 22 heavy (non-hydrogen) atoms. The Balaban J connectivity index is 2.74. The first kappa shape index (κ1) is 17.7. The predicted molar refractivity (Wildman–Crippen MR) is 80.3 cm³/mol. The number of ether oxygens (including phenoxy) is 1. The van der Waals surface area contributed by atoms with E-state index in [1.807, 2.05) is 0 Å². The van der Waals surface area contributed by atoms with Gasteiger partial charge in [-0.2, -0.15) is 0 Å². The molecule has 0 fully saturated rings. The summed E-state index contributed by atoms with van der Waals surface area (Å²) in [6, 6.07) is -0.601. The van der Waals surface area contributed by atoms with Crippen LogP contribution in [0.25, 0.3) is 0 Å². The van der Waals surface area contributed by atoms with Crippen LogP contribution in [0.15, 0.2) is 11.4 Å². The lowest BCUT2D eigenvalue weighted by molar-refractivity contribution is -0.119. The zero-order valence-electron chi connectivity index (χ0n) is 12.4. The summed E-state index contributed by atoms with van der Waals surface area (Å²) in [6.07, 6.45) is 1.24. The molecule has 10 heteroatoms. The van der Waals surface area contributed by atoms with Gasteiger partial charge in [0.15, 0.2) is 5.16 Å². The molecule has 0 aliphatic heterocycles. The quantitative estimate of drug-likeness (QED) is 0.395. The zero-order valence-corrected chi connectivity index (χ0v) is 13.2. The number of imide groups is 1. The number of nitrogens with zero attached hydrogens (tertiary/aromatic N) is 2. The molecule has 0 aliphatic rings. The molecule has 0 bridgehead atoms. The van der Waals surface area contributed by atoms with E-state index in [0.717, 1.165) is 11.8 Å². The molecule has 120 valence electrons. The third kappa shape index (κ3) is 4.88. The fraction of sp³-hybridized carbons (Fsp3) is 0.417. The van der Waals surface area contributed by atoms with E-state index in [1.54, 1.807) is 13.8 Å². The SMILES string of the molecule is CCOC(=O)c1cnc(S[C@H](C)C(=O)NC(=O)NC)nc1N. The van der Waals surface area contributed by atoms with Crippen molar-refractivity contribution < 1.29 is 19.1 Å². The Kier molecular flexibility index (Phi) is 6.57. The number of hydrogen-bond donors (Lipinski definition) is 3. The number of amides is 3. The number of nitrogen functional groups attached to an aromatic ring is 1. The van der Waals surface area contributed by atoms with Gasteiger partial charge >= 0.3 is 12.0 Å². The largest absolute Gasteiger partial charge is 0.462 e. The van der Waals surface area contributed by atoms with E-state index in [1.165, 1.54) is 13.2 Å². The minimum absolute atomic E-state index is 0.0325. The predicted octanol–water partition coefficient (Wildman–Crippen LogP) is 0.172. The van der Waals surface area contributed by atoms with E-state index < -0.39 is 23.2 Å². The normalized spacial score (nSPS) is 11.4. The molecule has 0 radical (unpaired) electrons. The first-order valence-electron chi connectivity index (χ1n) is 6.37. The second kappa shape index (κ2) is 8.17. The van der Waals surface area contributed by atoms with Gasteiger partial charge in [0, 0.05) is 13.2 Å². The summed E-state index contributed by atoms with van der Waals surface area (Å²) in [7, 11) is 1.40. The van der Waals surface area contributed by atoms with Crippen LogP contribution in [-0.2, 0) is 9.53 Å². The maximum Gasteiger partial charge on any atom is 0.343 e. The smallest absolute Gasteiger partial charge is 0.343 e. The highest BCUT2D eigenvalue weighted by molar-refractivity contribution is 8.00. The third-order valence-electron chi connectivity index (χ3n) is 2.41. The van der Waals surface area contributed by atoms with Crippen molar-refractivity contribution in [3.05, 3.63) is 11.8 Å². The molecule has 0 saturated carbocycles. The Labute approximate surface area is 131 Å². The van der Waals surface area contributed by atoms with Crippen molar-refractivity contribution in [2.24, 2.45) is 0 Å². The number of aromatic nitrogens is 2. The average Bonchev–Trinajstić information content (AvgIpc) is 2.47. The first-order valence-corrected chi connectivity index (χ1v) is 7.25. The summed E-state index contributed by atoms with van der Waals surface area (Å²) in [4.78, 5) is 42.2. The number of nitrogens with one attached hydrogen (secondary N) is 2. The monoisotopic (exact) mass is 327 g/mol. The van der Waals surface area contributed by atoms with Crippen LogP contribution >= 0.6 is 11.8 Å². The molecule has 1 atom stereocenters. The Bertz CT molecular complexity index is 581. The van der Waals surface area contributed by atoms with Crippen LogP contribution in [0.3, 0.4) is 0 Å². The van der Waals surface area contributed by atoms with E-state index >= 15 is 0 Å². The van der Waals surface area contributed by atoms with E-state index in [9.17, 15) is 14.4 Å². The number of nitrogens with two attached hydrogens (primary N) is 1. The van der Waals surface area contributed by atoms with Crippen molar-refractivity contribution in [1.29, 1.82) is 0 Å². The summed E-state index contributed by atoms with van der Waals surface area (Å²) >= 11 is 1.01. The highest BCUT2D eigenvalue weighted by Crippen LogP contribution is 2.21. The minimum atomic E-state index is -0.620. The number of thioether (sulfide) groups is 1. The molecular formula is C12H17N5O4S. The minimum Gasteiger partial charge on any atom is -0.462 e. The van der Waals surface area contributed by atoms with Crippen molar-refractivity contribution in [2.75, 3.05) is 19.4 Å². The van der Waals surface area contributed by atoms with Crippen LogP contribution in [0.5, 0.6) is 0 Å². The topological polar surface area (TPSA) is 136 Å². The maximum atomic E-state index is 11.7. The number of anilines is 1. The molecule has 3 amide bonds. The van der Waals surface area contributed by atoms with Gasteiger partial charge < -0.3 is 15.8 Å². The molecule has 0 aliphatic carbocycles. The van der Waals surface area contributed by atoms with Gasteiger partial charge in [-0.3, -0.25) is 10.1 Å². The van der Waals surface area contributed by atoms with Gasteiger partial charge in [-0.15, -0.1) is 0 Å². The van der Waals surface area contributed by atoms with E-state index in [-0.39, 0.29) is 23.1 Å². The van der Waals surface area contributed by atoms with Gasteiger partial charge in [0.1, 0.15) is 11.4 Å². The van der Waals surface area contributed by atoms with Gasteiger partial charge in [-0.1, -0.05) is 11.8 Å². The second-order valence-corrected chi connectivity index (χ2v) is 5.31. The molecular weight excluding hydrogens is 310 g/mol. The Hall–Kier alpha value is -2.36. The maximum absolute atomic E-state index is 11.7. The number of carbonyl (C=O) groups is 3. The highest BCUT2D eigenvalue weighted by Gasteiger charge is 2.19. The molecule has 1 rings (SSSR count). The Morgan fingerprint density at radius 2 is 2.14 bits per heavy atom. The molecule has 4 N–H and O–H groups in total. The summed E-state index contributed by atoms with van der Waals surface area (Å²) in [5.74, 6) is -1.14. The van der Waals surface area contributed by atoms with Crippen molar-refractivity contribution in [3.63, 3.8) is 0 Å². The summed E-state index contributed by atoms with van der Waals surface area (Å²) < 4.78 is 4.81. The lowest BCUT2D eigenvalue weighted by atomic mass is 10.3. The summed E-state index contributed by atoms with van der Waals surface area (Å²) in [6.45, 7) is 3.47. The summed E-state index contributed by atoms with van der Waals surface area (Å²) in [5, 5.41) is 4.01. The van der Waals surface area contributed by atoms with E-state index in [4.69, 9.17) is 10.5 Å². The molecule has 0 saturated heterocycles. The number of rotatable bonds is 5.